The second-order valence-electron chi connectivity index (χ2n) is 4.46. The minimum absolute atomic E-state index is 0.242. The highest BCUT2D eigenvalue weighted by atomic mass is 16.4. The molecule has 4 nitrogen and oxygen atoms in total. The lowest BCUT2D eigenvalue weighted by atomic mass is 10.1. The first-order valence-corrected chi connectivity index (χ1v) is 6.17. The first-order valence-electron chi connectivity index (χ1n) is 6.17. The van der Waals surface area contributed by atoms with E-state index in [2.05, 4.69) is 11.4 Å². The molecule has 0 saturated heterocycles. The summed E-state index contributed by atoms with van der Waals surface area (Å²) >= 11 is 0. The van der Waals surface area contributed by atoms with E-state index >= 15 is 0 Å². The predicted octanol–water partition coefficient (Wildman–Crippen LogP) is 3.18. The van der Waals surface area contributed by atoms with Crippen molar-refractivity contribution in [2.75, 3.05) is 5.32 Å². The van der Waals surface area contributed by atoms with E-state index in [1.807, 2.05) is 25.1 Å². The molecule has 0 amide bonds. The van der Waals surface area contributed by atoms with Gasteiger partial charge >= 0.3 is 5.97 Å². The molecular formula is C16H14N2O2. The number of hydrogen-bond acceptors (Lipinski definition) is 3. The maximum Gasteiger partial charge on any atom is 0.335 e. The molecule has 0 aliphatic heterocycles. The van der Waals surface area contributed by atoms with Crippen molar-refractivity contribution < 1.29 is 9.90 Å². The molecule has 2 aromatic rings. The van der Waals surface area contributed by atoms with Crippen LogP contribution in [0.2, 0.25) is 0 Å². The van der Waals surface area contributed by atoms with E-state index in [4.69, 9.17) is 10.4 Å². The van der Waals surface area contributed by atoms with Crippen molar-refractivity contribution in [2.24, 2.45) is 0 Å². The highest BCUT2D eigenvalue weighted by Gasteiger charge is 2.07. The van der Waals surface area contributed by atoms with E-state index in [1.165, 1.54) is 0 Å². The number of carbonyl (C=O) groups is 1. The second kappa shape index (κ2) is 5.89. The van der Waals surface area contributed by atoms with Crippen LogP contribution in [-0.2, 0) is 6.54 Å². The molecule has 0 radical (unpaired) electrons. The molecule has 100 valence electrons. The summed E-state index contributed by atoms with van der Waals surface area (Å²) in [5.74, 6) is -0.953. The number of anilines is 1. The van der Waals surface area contributed by atoms with Crippen LogP contribution in [0.5, 0.6) is 0 Å². The summed E-state index contributed by atoms with van der Waals surface area (Å²) in [4.78, 5) is 11.0. The Morgan fingerprint density at radius 1 is 1.30 bits per heavy atom. The van der Waals surface area contributed by atoms with Crippen LogP contribution in [0.1, 0.15) is 27.0 Å². The van der Waals surface area contributed by atoms with E-state index in [-0.39, 0.29) is 5.56 Å². The largest absolute Gasteiger partial charge is 0.478 e. The van der Waals surface area contributed by atoms with Gasteiger partial charge < -0.3 is 10.4 Å². The van der Waals surface area contributed by atoms with Crippen molar-refractivity contribution in [3.63, 3.8) is 0 Å². The van der Waals surface area contributed by atoms with Gasteiger partial charge in [0.1, 0.15) is 0 Å². The Balaban J connectivity index is 2.21. The number of rotatable bonds is 4. The molecule has 0 heterocycles. The number of hydrogen-bond donors (Lipinski definition) is 2. The fraction of sp³-hybridized carbons (Fsp3) is 0.125. The summed E-state index contributed by atoms with van der Waals surface area (Å²) in [5.41, 5.74) is 3.47. The Morgan fingerprint density at radius 2 is 2.05 bits per heavy atom. The summed E-state index contributed by atoms with van der Waals surface area (Å²) < 4.78 is 0. The topological polar surface area (TPSA) is 73.1 Å². The Labute approximate surface area is 117 Å². The van der Waals surface area contributed by atoms with Gasteiger partial charge in [-0.3, -0.25) is 0 Å². The van der Waals surface area contributed by atoms with E-state index in [1.54, 1.807) is 24.3 Å². The van der Waals surface area contributed by atoms with Crippen LogP contribution in [0.4, 0.5) is 5.69 Å². The molecule has 2 N–H and O–H groups in total. The molecule has 20 heavy (non-hydrogen) atoms. The van der Waals surface area contributed by atoms with Crippen molar-refractivity contribution in [2.45, 2.75) is 13.5 Å². The quantitative estimate of drug-likeness (QED) is 0.891. The van der Waals surface area contributed by atoms with Gasteiger partial charge in [-0.15, -0.1) is 0 Å². The maximum absolute atomic E-state index is 11.0. The Kier molecular flexibility index (Phi) is 4.02. The summed E-state index contributed by atoms with van der Waals surface area (Å²) in [7, 11) is 0. The van der Waals surface area contributed by atoms with E-state index < -0.39 is 5.97 Å². The highest BCUT2D eigenvalue weighted by Crippen LogP contribution is 2.18. The number of nitrogens with one attached hydrogen (secondary N) is 1. The molecule has 0 aliphatic carbocycles. The van der Waals surface area contributed by atoms with E-state index in [9.17, 15) is 4.79 Å². The monoisotopic (exact) mass is 266 g/mol. The smallest absolute Gasteiger partial charge is 0.335 e. The van der Waals surface area contributed by atoms with Gasteiger partial charge in [-0.05, 0) is 36.2 Å². The molecule has 0 unspecified atom stereocenters. The highest BCUT2D eigenvalue weighted by molar-refractivity contribution is 5.89. The number of carboxylic acids is 1. The first kappa shape index (κ1) is 13.6. The minimum Gasteiger partial charge on any atom is -0.478 e. The van der Waals surface area contributed by atoms with Crippen molar-refractivity contribution in [3.05, 3.63) is 64.7 Å². The molecule has 0 bridgehead atoms. The van der Waals surface area contributed by atoms with Gasteiger partial charge in [-0.2, -0.15) is 5.26 Å². The molecule has 2 rings (SSSR count). The third-order valence-corrected chi connectivity index (χ3v) is 3.09. The van der Waals surface area contributed by atoms with Crippen LogP contribution in [0.25, 0.3) is 0 Å². The fourth-order valence-electron chi connectivity index (χ4n) is 1.92. The molecule has 2 aromatic carbocycles. The lowest BCUT2D eigenvalue weighted by molar-refractivity contribution is 0.0697. The molecular weight excluding hydrogens is 252 g/mol. The molecule has 0 fully saturated rings. The normalized spacial score (nSPS) is 9.80. The number of nitrogens with zero attached hydrogens (tertiary/aromatic N) is 1. The minimum atomic E-state index is -0.953. The summed E-state index contributed by atoms with van der Waals surface area (Å²) in [5, 5.41) is 21.2. The van der Waals surface area contributed by atoms with Gasteiger partial charge in [-0.1, -0.05) is 24.3 Å². The zero-order chi connectivity index (χ0) is 14.5. The average Bonchev–Trinajstić information content (AvgIpc) is 2.46. The van der Waals surface area contributed by atoms with Gasteiger partial charge in [0.05, 0.1) is 17.2 Å². The third-order valence-electron chi connectivity index (χ3n) is 3.09. The van der Waals surface area contributed by atoms with Crippen molar-refractivity contribution in [1.29, 1.82) is 5.26 Å². The van der Waals surface area contributed by atoms with Crippen LogP contribution in [0.3, 0.4) is 0 Å². The van der Waals surface area contributed by atoms with Crippen LogP contribution in [0, 0.1) is 18.3 Å². The number of aryl methyl sites for hydroxylation is 1. The Bertz CT molecular complexity index is 687. The molecule has 0 atom stereocenters. The van der Waals surface area contributed by atoms with Crippen LogP contribution in [0.15, 0.2) is 42.5 Å². The fourth-order valence-corrected chi connectivity index (χ4v) is 1.92. The van der Waals surface area contributed by atoms with Crippen LogP contribution in [-0.4, -0.2) is 11.1 Å². The average molecular weight is 266 g/mol. The van der Waals surface area contributed by atoms with Gasteiger partial charge in [0.25, 0.3) is 0 Å². The Morgan fingerprint density at radius 3 is 2.75 bits per heavy atom. The molecule has 4 heteroatoms. The third kappa shape index (κ3) is 2.96. The van der Waals surface area contributed by atoms with Gasteiger partial charge in [0.15, 0.2) is 0 Å². The number of nitriles is 1. The van der Waals surface area contributed by atoms with E-state index in [0.717, 1.165) is 16.8 Å². The number of aromatic carboxylic acids is 1. The zero-order valence-corrected chi connectivity index (χ0v) is 11.1. The summed E-state index contributed by atoms with van der Waals surface area (Å²) in [6.07, 6.45) is 0. The SMILES string of the molecule is Cc1ccc(C(=O)O)cc1NCc1ccccc1C#N. The molecule has 0 saturated carbocycles. The molecule has 0 aliphatic rings. The first-order chi connectivity index (χ1) is 9.61. The standard InChI is InChI=1S/C16H14N2O2/c1-11-6-7-12(16(19)20)8-15(11)18-10-14-5-3-2-4-13(14)9-17/h2-8,18H,10H2,1H3,(H,19,20). The molecule has 0 spiro atoms. The Hall–Kier alpha value is -2.80. The summed E-state index contributed by atoms with van der Waals surface area (Å²) in [6, 6.07) is 14.4. The second-order valence-corrected chi connectivity index (χ2v) is 4.46. The van der Waals surface area contributed by atoms with Crippen molar-refractivity contribution in [1.82, 2.24) is 0 Å². The number of carboxylic acid groups (broad SMARTS) is 1. The van der Waals surface area contributed by atoms with Gasteiger partial charge in [0, 0.05) is 12.2 Å². The van der Waals surface area contributed by atoms with E-state index in [0.29, 0.717) is 12.1 Å². The van der Waals surface area contributed by atoms with Gasteiger partial charge in [-0.25, -0.2) is 4.79 Å². The zero-order valence-electron chi connectivity index (χ0n) is 11.1. The van der Waals surface area contributed by atoms with Crippen LogP contribution >= 0.6 is 0 Å². The predicted molar refractivity (Wildman–Crippen MR) is 76.6 cm³/mol. The van der Waals surface area contributed by atoms with Crippen molar-refractivity contribution in [3.8, 4) is 6.07 Å². The molecule has 0 aromatic heterocycles. The number of benzene rings is 2. The van der Waals surface area contributed by atoms with Crippen molar-refractivity contribution >= 4 is 11.7 Å². The van der Waals surface area contributed by atoms with Crippen LogP contribution < -0.4 is 5.32 Å². The lowest BCUT2D eigenvalue weighted by Crippen LogP contribution is -2.05. The maximum atomic E-state index is 11.0. The van der Waals surface area contributed by atoms with Gasteiger partial charge in [0.2, 0.25) is 0 Å². The lowest BCUT2D eigenvalue weighted by Gasteiger charge is -2.11. The summed E-state index contributed by atoms with van der Waals surface area (Å²) in [6.45, 7) is 2.39.